The first kappa shape index (κ1) is 19.3. The van der Waals surface area contributed by atoms with E-state index in [1.54, 1.807) is 50.7 Å². The minimum atomic E-state index is 0.0399. The second-order valence-corrected chi connectivity index (χ2v) is 7.40. The van der Waals surface area contributed by atoms with Crippen molar-refractivity contribution in [3.05, 3.63) is 36.2 Å². The van der Waals surface area contributed by atoms with Gasteiger partial charge in [-0.2, -0.15) is 15.0 Å². The van der Waals surface area contributed by atoms with E-state index in [0.29, 0.717) is 17.2 Å². The van der Waals surface area contributed by atoms with Crippen molar-refractivity contribution in [1.29, 1.82) is 0 Å². The van der Waals surface area contributed by atoms with Crippen LogP contribution in [-0.4, -0.2) is 59.2 Å². The summed E-state index contributed by atoms with van der Waals surface area (Å²) in [5.74, 6) is 1.70. The number of methoxy groups -OCH3 is 3. The Morgan fingerprint density at radius 2 is 1.55 bits per heavy atom. The quantitative estimate of drug-likeness (QED) is 0.696. The number of rotatable bonds is 6. The van der Waals surface area contributed by atoms with E-state index >= 15 is 0 Å². The van der Waals surface area contributed by atoms with E-state index in [9.17, 15) is 4.79 Å². The van der Waals surface area contributed by atoms with Gasteiger partial charge in [0.25, 0.3) is 0 Å². The molecule has 2 aromatic rings. The van der Waals surface area contributed by atoms with E-state index in [-0.39, 0.29) is 24.0 Å². The zero-order valence-corrected chi connectivity index (χ0v) is 16.9. The molecule has 0 radical (unpaired) electrons. The first-order chi connectivity index (χ1) is 14.1. The van der Waals surface area contributed by atoms with Gasteiger partial charge in [0.2, 0.25) is 11.7 Å². The molecule has 2 aliphatic rings. The molecular weight excluding hydrogens is 372 g/mol. The van der Waals surface area contributed by atoms with E-state index in [1.807, 2.05) is 17.0 Å². The molecule has 3 heterocycles. The van der Waals surface area contributed by atoms with Gasteiger partial charge in [-0.05, 0) is 49.5 Å². The van der Waals surface area contributed by atoms with Crippen LogP contribution in [0.2, 0.25) is 0 Å². The largest absolute Gasteiger partial charge is 0.493 e. The van der Waals surface area contributed by atoms with Crippen molar-refractivity contribution in [2.24, 2.45) is 0 Å². The molecule has 1 amide bonds. The highest BCUT2D eigenvalue weighted by Crippen LogP contribution is 2.41. The van der Waals surface area contributed by atoms with Crippen molar-refractivity contribution < 1.29 is 19.0 Å². The van der Waals surface area contributed by atoms with Crippen molar-refractivity contribution in [3.8, 4) is 17.2 Å². The molecule has 0 aliphatic carbocycles. The summed E-state index contributed by atoms with van der Waals surface area (Å²) in [6, 6.07) is 4.40. The lowest BCUT2D eigenvalue weighted by Crippen LogP contribution is -2.46. The number of nitrogens with zero attached hydrogens (tertiary/aromatic N) is 4. The Morgan fingerprint density at radius 1 is 0.966 bits per heavy atom. The fourth-order valence-corrected chi connectivity index (χ4v) is 4.56. The third-order valence-electron chi connectivity index (χ3n) is 5.83. The predicted octanol–water partition coefficient (Wildman–Crippen LogP) is 2.71. The Morgan fingerprint density at radius 3 is 2.07 bits per heavy atom. The Hall–Kier alpha value is -3.03. The lowest BCUT2D eigenvalue weighted by Gasteiger charge is -2.38. The minimum Gasteiger partial charge on any atom is -0.493 e. The maximum atomic E-state index is 13.0. The second-order valence-electron chi connectivity index (χ2n) is 7.40. The van der Waals surface area contributed by atoms with Gasteiger partial charge in [0.05, 0.1) is 39.8 Å². The maximum absolute atomic E-state index is 13.0. The summed E-state index contributed by atoms with van der Waals surface area (Å²) >= 11 is 0. The molecule has 2 bridgehead atoms. The second kappa shape index (κ2) is 8.14. The highest BCUT2D eigenvalue weighted by Gasteiger charge is 2.43. The van der Waals surface area contributed by atoms with Crippen molar-refractivity contribution in [1.82, 2.24) is 19.9 Å². The highest BCUT2D eigenvalue weighted by atomic mass is 16.5. The van der Waals surface area contributed by atoms with Crippen LogP contribution in [0.15, 0.2) is 30.6 Å². The summed E-state index contributed by atoms with van der Waals surface area (Å²) in [4.78, 5) is 16.8. The summed E-state index contributed by atoms with van der Waals surface area (Å²) in [5, 5.41) is 8.57. The number of hydrogen-bond acceptors (Lipinski definition) is 6. The molecule has 2 saturated heterocycles. The van der Waals surface area contributed by atoms with Gasteiger partial charge in [-0.25, -0.2) is 0 Å². The summed E-state index contributed by atoms with van der Waals surface area (Å²) in [7, 11) is 4.72. The van der Waals surface area contributed by atoms with Gasteiger partial charge in [-0.15, -0.1) is 0 Å². The standard InChI is InChI=1S/C21H26N4O4/c1-27-18-10-14(11-19(28-2)21(18)29-3)4-7-20(26)24-15-5-6-16(24)13-17(12-15)25-22-8-9-23-25/h4,7-11,15-17H,5-6,12-13H2,1-3H3/b7-4+. The van der Waals surface area contributed by atoms with Gasteiger partial charge < -0.3 is 19.1 Å². The molecule has 0 saturated carbocycles. The highest BCUT2D eigenvalue weighted by molar-refractivity contribution is 5.92. The number of aromatic nitrogens is 3. The lowest BCUT2D eigenvalue weighted by atomic mass is 9.97. The summed E-state index contributed by atoms with van der Waals surface area (Å²) < 4.78 is 16.1. The Labute approximate surface area is 170 Å². The van der Waals surface area contributed by atoms with E-state index < -0.39 is 0 Å². The number of carbonyl (C=O) groups excluding carboxylic acids is 1. The molecule has 0 spiro atoms. The van der Waals surface area contributed by atoms with Crippen LogP contribution in [0.5, 0.6) is 17.2 Å². The molecule has 29 heavy (non-hydrogen) atoms. The Bertz CT molecular complexity index is 857. The number of piperidine rings is 1. The van der Waals surface area contributed by atoms with Gasteiger partial charge >= 0.3 is 0 Å². The fraction of sp³-hybridized carbons (Fsp3) is 0.476. The van der Waals surface area contributed by atoms with E-state index in [1.165, 1.54) is 0 Å². The van der Waals surface area contributed by atoms with E-state index in [2.05, 4.69) is 10.2 Å². The minimum absolute atomic E-state index is 0.0399. The number of amides is 1. The number of ether oxygens (including phenoxy) is 3. The van der Waals surface area contributed by atoms with Gasteiger partial charge in [0.15, 0.2) is 11.5 Å². The predicted molar refractivity (Wildman–Crippen MR) is 107 cm³/mol. The first-order valence-corrected chi connectivity index (χ1v) is 9.80. The summed E-state index contributed by atoms with van der Waals surface area (Å²) in [6.07, 6.45) is 10.7. The molecule has 154 valence electrons. The van der Waals surface area contributed by atoms with Crippen LogP contribution in [0.3, 0.4) is 0 Å². The van der Waals surface area contributed by atoms with Crippen LogP contribution in [0, 0.1) is 0 Å². The van der Waals surface area contributed by atoms with Crippen molar-refractivity contribution in [2.75, 3.05) is 21.3 Å². The Balaban J connectivity index is 1.49. The monoisotopic (exact) mass is 398 g/mol. The molecule has 4 rings (SSSR count). The Kier molecular flexibility index (Phi) is 5.42. The number of carbonyl (C=O) groups is 1. The number of fused-ring (bicyclic) bond motifs is 2. The van der Waals surface area contributed by atoms with Crippen molar-refractivity contribution in [2.45, 2.75) is 43.8 Å². The van der Waals surface area contributed by atoms with Gasteiger partial charge in [0.1, 0.15) is 0 Å². The third-order valence-corrected chi connectivity index (χ3v) is 5.83. The molecule has 2 aliphatic heterocycles. The van der Waals surface area contributed by atoms with Crippen LogP contribution in [0.25, 0.3) is 6.08 Å². The van der Waals surface area contributed by atoms with Crippen LogP contribution in [-0.2, 0) is 4.79 Å². The molecule has 8 heteroatoms. The normalized spacial score (nSPS) is 23.4. The summed E-state index contributed by atoms with van der Waals surface area (Å²) in [5.41, 5.74) is 0.816. The van der Waals surface area contributed by atoms with Crippen molar-refractivity contribution >= 4 is 12.0 Å². The number of hydrogen-bond donors (Lipinski definition) is 0. The molecular formula is C21H26N4O4. The topological polar surface area (TPSA) is 78.7 Å². The van der Waals surface area contributed by atoms with Crippen LogP contribution in [0.1, 0.15) is 37.3 Å². The first-order valence-electron chi connectivity index (χ1n) is 9.80. The zero-order chi connectivity index (χ0) is 20.4. The average Bonchev–Trinajstić information content (AvgIpc) is 3.37. The van der Waals surface area contributed by atoms with Gasteiger partial charge in [-0.3, -0.25) is 4.79 Å². The van der Waals surface area contributed by atoms with Crippen molar-refractivity contribution in [3.63, 3.8) is 0 Å². The molecule has 1 aromatic carbocycles. The fourth-order valence-electron chi connectivity index (χ4n) is 4.56. The van der Waals surface area contributed by atoms with Gasteiger partial charge in [0, 0.05) is 18.2 Å². The van der Waals surface area contributed by atoms with Crippen LogP contribution >= 0.6 is 0 Å². The summed E-state index contributed by atoms with van der Waals surface area (Å²) in [6.45, 7) is 0. The zero-order valence-electron chi connectivity index (χ0n) is 16.9. The molecule has 8 nitrogen and oxygen atoms in total. The maximum Gasteiger partial charge on any atom is 0.247 e. The average molecular weight is 398 g/mol. The molecule has 2 fully saturated rings. The van der Waals surface area contributed by atoms with E-state index in [4.69, 9.17) is 14.2 Å². The SMILES string of the molecule is COc1cc(/C=C/C(=O)N2C3CCC2CC(n2nccn2)C3)cc(OC)c1OC. The lowest BCUT2D eigenvalue weighted by molar-refractivity contribution is -0.130. The van der Waals surface area contributed by atoms with E-state index in [0.717, 1.165) is 31.2 Å². The molecule has 1 aromatic heterocycles. The molecule has 2 atom stereocenters. The van der Waals surface area contributed by atoms with Gasteiger partial charge in [-0.1, -0.05) is 0 Å². The van der Waals surface area contributed by atoms with Crippen LogP contribution in [0.4, 0.5) is 0 Å². The molecule has 0 N–H and O–H groups in total. The van der Waals surface area contributed by atoms with Crippen LogP contribution < -0.4 is 14.2 Å². The third kappa shape index (κ3) is 3.66. The smallest absolute Gasteiger partial charge is 0.247 e. The number of benzene rings is 1. The molecule has 2 unspecified atom stereocenters.